The molecule has 0 aliphatic heterocycles. The van der Waals surface area contributed by atoms with Crippen molar-refractivity contribution in [1.29, 1.82) is 0 Å². The van der Waals surface area contributed by atoms with Gasteiger partial charge in [-0.25, -0.2) is 4.98 Å². The molecule has 0 saturated carbocycles. The van der Waals surface area contributed by atoms with E-state index in [4.69, 9.17) is 4.74 Å². The molecule has 2 rings (SSSR count). The van der Waals surface area contributed by atoms with Crippen molar-refractivity contribution in [3.63, 3.8) is 0 Å². The average molecular weight is 291 g/mol. The van der Waals surface area contributed by atoms with Crippen LogP contribution in [-0.4, -0.2) is 39.6 Å². The normalized spacial score (nSPS) is 11.2. The predicted molar refractivity (Wildman–Crippen MR) is 82.3 cm³/mol. The Bertz CT molecular complexity index is 573. The zero-order valence-corrected chi connectivity index (χ0v) is 13.4. The highest BCUT2D eigenvalue weighted by atomic mass is 16.5. The highest BCUT2D eigenvalue weighted by Crippen LogP contribution is 2.11. The van der Waals surface area contributed by atoms with Crippen LogP contribution in [0.25, 0.3) is 0 Å². The van der Waals surface area contributed by atoms with E-state index < -0.39 is 0 Å². The maximum absolute atomic E-state index is 5.05. The molecule has 0 spiro atoms. The van der Waals surface area contributed by atoms with E-state index in [0.717, 1.165) is 44.3 Å². The molecule has 0 saturated heterocycles. The molecule has 2 aromatic heterocycles. The maximum Gasteiger partial charge on any atom is 0.106 e. The molecule has 0 aliphatic rings. The van der Waals surface area contributed by atoms with Gasteiger partial charge in [0.25, 0.3) is 0 Å². The minimum atomic E-state index is 0.717. The Morgan fingerprint density at radius 2 is 2.10 bits per heavy atom. The fraction of sp³-hybridized carbons (Fsp3) is 0.600. The summed E-state index contributed by atoms with van der Waals surface area (Å²) in [4.78, 5) is 4.44. The molecular formula is C15H25N5O. The summed E-state index contributed by atoms with van der Waals surface area (Å²) in [7, 11) is 1.71. The summed E-state index contributed by atoms with van der Waals surface area (Å²) in [5, 5.41) is 7.87. The summed E-state index contributed by atoms with van der Waals surface area (Å²) < 4.78 is 9.34. The Labute approximate surface area is 126 Å². The van der Waals surface area contributed by atoms with Crippen molar-refractivity contribution < 1.29 is 4.74 Å². The lowest BCUT2D eigenvalue weighted by Gasteiger charge is -2.12. The van der Waals surface area contributed by atoms with Crippen molar-refractivity contribution in [3.8, 4) is 0 Å². The molecule has 21 heavy (non-hydrogen) atoms. The molecule has 0 amide bonds. The Kier molecular flexibility index (Phi) is 5.52. The zero-order chi connectivity index (χ0) is 15.2. The average Bonchev–Trinajstić information content (AvgIpc) is 3.00. The van der Waals surface area contributed by atoms with E-state index in [1.807, 2.05) is 20.0 Å². The molecule has 2 heterocycles. The SMILES string of the molecule is CCn1nc(C)cc1Cn1c(CNCCOC)cnc1C. The van der Waals surface area contributed by atoms with Gasteiger partial charge in [-0.05, 0) is 26.8 Å². The number of hydrogen-bond acceptors (Lipinski definition) is 4. The number of hydrogen-bond donors (Lipinski definition) is 1. The summed E-state index contributed by atoms with van der Waals surface area (Å²) in [5.74, 6) is 1.03. The molecule has 0 unspecified atom stereocenters. The smallest absolute Gasteiger partial charge is 0.106 e. The van der Waals surface area contributed by atoms with E-state index in [-0.39, 0.29) is 0 Å². The van der Waals surface area contributed by atoms with Crippen molar-refractivity contribution in [2.24, 2.45) is 0 Å². The van der Waals surface area contributed by atoms with Gasteiger partial charge in [-0.3, -0.25) is 4.68 Å². The van der Waals surface area contributed by atoms with E-state index in [0.29, 0.717) is 0 Å². The van der Waals surface area contributed by atoms with Crippen molar-refractivity contribution in [3.05, 3.63) is 35.2 Å². The second-order valence-electron chi connectivity index (χ2n) is 5.15. The molecular weight excluding hydrogens is 266 g/mol. The molecule has 0 atom stereocenters. The van der Waals surface area contributed by atoms with Gasteiger partial charge in [-0.15, -0.1) is 0 Å². The molecule has 6 heteroatoms. The maximum atomic E-state index is 5.05. The Balaban J connectivity index is 2.10. The minimum absolute atomic E-state index is 0.717. The van der Waals surface area contributed by atoms with Gasteiger partial charge in [0.05, 0.1) is 30.2 Å². The highest BCUT2D eigenvalue weighted by molar-refractivity contribution is 5.13. The van der Waals surface area contributed by atoms with E-state index in [1.54, 1.807) is 7.11 Å². The number of aryl methyl sites for hydroxylation is 3. The minimum Gasteiger partial charge on any atom is -0.383 e. The summed E-state index contributed by atoms with van der Waals surface area (Å²) in [6.07, 6.45) is 1.94. The van der Waals surface area contributed by atoms with E-state index >= 15 is 0 Å². The number of rotatable bonds is 8. The number of nitrogens with one attached hydrogen (secondary N) is 1. The van der Waals surface area contributed by atoms with Crippen LogP contribution in [0.3, 0.4) is 0 Å². The molecule has 0 bridgehead atoms. The Morgan fingerprint density at radius 3 is 2.81 bits per heavy atom. The van der Waals surface area contributed by atoms with E-state index in [2.05, 4.69) is 37.6 Å². The van der Waals surface area contributed by atoms with Crippen molar-refractivity contribution in [2.75, 3.05) is 20.3 Å². The van der Waals surface area contributed by atoms with Crippen molar-refractivity contribution in [1.82, 2.24) is 24.6 Å². The monoisotopic (exact) mass is 291 g/mol. The lowest BCUT2D eigenvalue weighted by molar-refractivity contribution is 0.199. The summed E-state index contributed by atoms with van der Waals surface area (Å²) in [5.41, 5.74) is 3.46. The van der Waals surface area contributed by atoms with Gasteiger partial charge in [0.1, 0.15) is 5.82 Å². The van der Waals surface area contributed by atoms with Crippen LogP contribution in [0.15, 0.2) is 12.3 Å². The first-order valence-electron chi connectivity index (χ1n) is 7.39. The Hall–Kier alpha value is -1.66. The fourth-order valence-corrected chi connectivity index (χ4v) is 2.43. The lowest BCUT2D eigenvalue weighted by atomic mass is 10.3. The van der Waals surface area contributed by atoms with Crippen LogP contribution in [0.1, 0.15) is 29.8 Å². The number of aromatic nitrogens is 4. The molecule has 6 nitrogen and oxygen atoms in total. The molecule has 2 aromatic rings. The third-order valence-corrected chi connectivity index (χ3v) is 3.53. The predicted octanol–water partition coefficient (Wildman–Crippen LogP) is 1.50. The summed E-state index contributed by atoms with van der Waals surface area (Å²) in [6.45, 7) is 10.2. The highest BCUT2D eigenvalue weighted by Gasteiger charge is 2.10. The molecule has 1 N–H and O–H groups in total. The molecule has 0 radical (unpaired) electrons. The van der Waals surface area contributed by atoms with Crippen molar-refractivity contribution >= 4 is 0 Å². The van der Waals surface area contributed by atoms with Crippen LogP contribution in [0.5, 0.6) is 0 Å². The quantitative estimate of drug-likeness (QED) is 0.749. The Morgan fingerprint density at radius 1 is 1.29 bits per heavy atom. The standard InChI is InChI=1S/C15H25N5O/c1-5-20-14(8-12(2)18-20)11-19-13(3)17-10-15(19)9-16-6-7-21-4/h8,10,16H,5-7,9,11H2,1-4H3. The topological polar surface area (TPSA) is 56.9 Å². The van der Waals surface area contributed by atoms with Gasteiger partial charge in [-0.1, -0.05) is 0 Å². The van der Waals surface area contributed by atoms with Crippen molar-refractivity contribution in [2.45, 2.75) is 40.4 Å². The van der Waals surface area contributed by atoms with Gasteiger partial charge in [0.15, 0.2) is 0 Å². The van der Waals surface area contributed by atoms with Gasteiger partial charge in [0, 0.05) is 32.9 Å². The number of methoxy groups -OCH3 is 1. The third-order valence-electron chi connectivity index (χ3n) is 3.53. The van der Waals surface area contributed by atoms with Crippen LogP contribution in [0.2, 0.25) is 0 Å². The summed E-state index contributed by atoms with van der Waals surface area (Å²) >= 11 is 0. The molecule has 116 valence electrons. The first kappa shape index (κ1) is 15.7. The number of imidazole rings is 1. The largest absolute Gasteiger partial charge is 0.383 e. The van der Waals surface area contributed by atoms with E-state index in [1.165, 1.54) is 11.4 Å². The summed E-state index contributed by atoms with van der Waals surface area (Å²) in [6, 6.07) is 2.14. The zero-order valence-electron chi connectivity index (χ0n) is 13.4. The van der Waals surface area contributed by atoms with Crippen LogP contribution < -0.4 is 5.32 Å². The van der Waals surface area contributed by atoms with Crippen LogP contribution in [0, 0.1) is 13.8 Å². The van der Waals surface area contributed by atoms with Crippen LogP contribution in [0.4, 0.5) is 0 Å². The van der Waals surface area contributed by atoms with Gasteiger partial charge >= 0.3 is 0 Å². The van der Waals surface area contributed by atoms with Gasteiger partial charge < -0.3 is 14.6 Å². The molecule has 0 aliphatic carbocycles. The first-order valence-corrected chi connectivity index (χ1v) is 7.39. The fourth-order valence-electron chi connectivity index (χ4n) is 2.43. The number of ether oxygens (including phenoxy) is 1. The van der Waals surface area contributed by atoms with Crippen LogP contribution in [-0.2, 0) is 24.4 Å². The van der Waals surface area contributed by atoms with Crippen LogP contribution >= 0.6 is 0 Å². The first-order chi connectivity index (χ1) is 10.2. The number of nitrogens with zero attached hydrogens (tertiary/aromatic N) is 4. The lowest BCUT2D eigenvalue weighted by Crippen LogP contribution is -2.21. The van der Waals surface area contributed by atoms with Gasteiger partial charge in [0.2, 0.25) is 0 Å². The van der Waals surface area contributed by atoms with Gasteiger partial charge in [-0.2, -0.15) is 5.10 Å². The second-order valence-corrected chi connectivity index (χ2v) is 5.15. The second kappa shape index (κ2) is 7.38. The molecule has 0 fully saturated rings. The molecule has 0 aromatic carbocycles. The van der Waals surface area contributed by atoms with E-state index in [9.17, 15) is 0 Å². The third kappa shape index (κ3) is 3.92.